The summed E-state index contributed by atoms with van der Waals surface area (Å²) in [5.74, 6) is -0.295. The summed E-state index contributed by atoms with van der Waals surface area (Å²) in [5.41, 5.74) is 0. The monoisotopic (exact) mass is 1010 g/mol. The first-order chi connectivity index (χ1) is 34.4. The maximum absolute atomic E-state index is 13.0. The number of nitrogens with one attached hydrogen (secondary N) is 1. The van der Waals surface area contributed by atoms with Gasteiger partial charge in [-0.15, -0.1) is 0 Å². The number of rotatable bonds is 50. The fraction of sp³-hybridized carbons (Fsp3) is 0.689. The number of allylic oxidation sites excluding steroid dienone is 18. The van der Waals surface area contributed by atoms with E-state index in [-0.39, 0.29) is 18.9 Å². The molecule has 71 heavy (non-hydrogen) atoms. The molecular weight excluding hydrogens is 904 g/mol. The summed E-state index contributed by atoms with van der Waals surface area (Å²) in [7, 11) is 1.10. The van der Waals surface area contributed by atoms with E-state index in [1.54, 1.807) is 0 Å². The van der Waals surface area contributed by atoms with E-state index in [1.165, 1.54) is 70.6 Å². The predicted octanol–water partition coefficient (Wildman–Crippen LogP) is 15.5. The highest BCUT2D eigenvalue weighted by Gasteiger charge is 2.29. The molecule has 0 aromatic heterocycles. The van der Waals surface area contributed by atoms with Crippen molar-refractivity contribution >= 4 is 13.7 Å². The Balaban J connectivity index is 4.24. The molecule has 0 heterocycles. The molecule has 0 radical (unpaired) electrons. The van der Waals surface area contributed by atoms with Gasteiger partial charge in [0, 0.05) is 6.42 Å². The lowest BCUT2D eigenvalue weighted by Gasteiger charge is -2.31. The van der Waals surface area contributed by atoms with Gasteiger partial charge in [-0.3, -0.25) is 9.36 Å². The number of likely N-dealkylation sites (N-methyl/N-ethyl adjacent to an activating group) is 1. The van der Waals surface area contributed by atoms with Gasteiger partial charge in [0.2, 0.25) is 5.91 Å². The van der Waals surface area contributed by atoms with Crippen LogP contribution in [0.1, 0.15) is 213 Å². The number of phosphoric ester groups is 1. The molecule has 0 spiro atoms. The maximum Gasteiger partial charge on any atom is 0.268 e. The second-order valence-corrected chi connectivity index (χ2v) is 21.5. The Hall–Kier alpha value is -2.88. The minimum atomic E-state index is -4.68. The highest BCUT2D eigenvalue weighted by atomic mass is 31.2. The van der Waals surface area contributed by atoms with Gasteiger partial charge in [0.1, 0.15) is 19.3 Å². The van der Waals surface area contributed by atoms with Crippen LogP contribution in [0.4, 0.5) is 0 Å². The Morgan fingerprint density at radius 3 is 1.30 bits per heavy atom. The SMILES string of the molecule is CC/C=C\C/C=C\C/C=C\C/C=C\C/C=C\C/C=C\C/C=C\C/C=C\C/C=C\CCCCCCCCCC(=O)NC(COP(=O)([O-])OCC[N+](C)(C)C)C(O)C(O)CCCCCCCCCCCCCC. The lowest BCUT2D eigenvalue weighted by Crippen LogP contribution is -2.51. The summed E-state index contributed by atoms with van der Waals surface area (Å²) in [4.78, 5) is 25.5. The number of hydrogen-bond donors (Lipinski definition) is 3. The average Bonchev–Trinajstić information content (AvgIpc) is 3.33. The van der Waals surface area contributed by atoms with Crippen molar-refractivity contribution in [2.75, 3.05) is 40.9 Å². The summed E-state index contributed by atoms with van der Waals surface area (Å²) in [6.07, 6.45) is 70.0. The molecule has 0 bridgehead atoms. The number of unbranched alkanes of at least 4 members (excludes halogenated alkanes) is 18. The molecule has 3 N–H and O–H groups in total. The van der Waals surface area contributed by atoms with E-state index >= 15 is 0 Å². The molecule has 0 rings (SSSR count). The van der Waals surface area contributed by atoms with Crippen molar-refractivity contribution in [1.29, 1.82) is 0 Å². The third-order valence-corrected chi connectivity index (χ3v) is 13.1. The molecule has 4 atom stereocenters. The van der Waals surface area contributed by atoms with Gasteiger partial charge in [-0.25, -0.2) is 0 Å². The number of quaternary nitrogens is 1. The number of aliphatic hydroxyl groups excluding tert-OH is 2. The fourth-order valence-corrected chi connectivity index (χ4v) is 8.38. The van der Waals surface area contributed by atoms with E-state index in [0.717, 1.165) is 109 Å². The Kier molecular flexibility index (Phi) is 48.6. The van der Waals surface area contributed by atoms with Crippen molar-refractivity contribution in [1.82, 2.24) is 5.32 Å². The number of phosphoric acid groups is 1. The topological polar surface area (TPSA) is 128 Å². The smallest absolute Gasteiger partial charge is 0.268 e. The number of carbonyl (C=O) groups is 1. The Morgan fingerprint density at radius 1 is 0.521 bits per heavy atom. The zero-order valence-corrected chi connectivity index (χ0v) is 46.9. The van der Waals surface area contributed by atoms with Crippen LogP contribution in [-0.4, -0.2) is 79.8 Å². The highest BCUT2D eigenvalue weighted by molar-refractivity contribution is 7.45. The first-order valence-electron chi connectivity index (χ1n) is 28.3. The largest absolute Gasteiger partial charge is 0.756 e. The standard InChI is InChI=1S/C61H107N2O7P/c1-6-8-10-12-14-16-18-20-21-22-23-24-25-26-27-28-29-30-31-32-33-34-35-36-37-38-39-40-41-42-44-46-48-50-52-54-60(65)62-58(57-70-71(67,68)69-56-55-63(3,4)5)61(66)59(64)53-51-49-47-45-43-19-17-15-13-11-9-7-2/h8,10,14,16,20-21,23-24,26-27,29-30,32-33,35-36,38-39,58-59,61,64,66H,6-7,9,11-13,15,17-19,22,25,28,31,34,37,40-57H2,1-5H3,(H-,62,65,67,68)/b10-8-,16-14-,21-20-,24-23-,27-26-,30-29-,33-32-,36-35-,39-38-. The summed E-state index contributed by atoms with van der Waals surface area (Å²) < 4.78 is 23.2. The number of amides is 1. The minimum absolute atomic E-state index is 0.0485. The number of aliphatic hydroxyl groups is 2. The van der Waals surface area contributed by atoms with Gasteiger partial charge in [-0.05, 0) is 83.5 Å². The molecule has 1 amide bonds. The number of hydrogen-bond acceptors (Lipinski definition) is 7. The van der Waals surface area contributed by atoms with Gasteiger partial charge in [0.05, 0.1) is 39.9 Å². The summed E-state index contributed by atoms with van der Waals surface area (Å²) >= 11 is 0. The molecule has 0 saturated heterocycles. The first kappa shape index (κ1) is 68.1. The van der Waals surface area contributed by atoms with E-state index in [2.05, 4.69) is 129 Å². The van der Waals surface area contributed by atoms with Crippen molar-refractivity contribution in [3.8, 4) is 0 Å². The zero-order chi connectivity index (χ0) is 52.2. The van der Waals surface area contributed by atoms with Crippen LogP contribution in [-0.2, 0) is 18.4 Å². The van der Waals surface area contributed by atoms with Gasteiger partial charge < -0.3 is 34.0 Å². The highest BCUT2D eigenvalue weighted by Crippen LogP contribution is 2.38. The van der Waals surface area contributed by atoms with Crippen LogP contribution >= 0.6 is 7.82 Å². The molecule has 9 nitrogen and oxygen atoms in total. The molecule has 0 saturated carbocycles. The third-order valence-electron chi connectivity index (χ3n) is 12.1. The lowest BCUT2D eigenvalue weighted by molar-refractivity contribution is -0.870. The summed E-state index contributed by atoms with van der Waals surface area (Å²) in [6.45, 7) is 4.30. The molecule has 0 aliphatic carbocycles. The van der Waals surface area contributed by atoms with Gasteiger partial charge in [-0.2, -0.15) is 0 Å². The van der Waals surface area contributed by atoms with Crippen LogP contribution in [0.25, 0.3) is 0 Å². The first-order valence-corrected chi connectivity index (χ1v) is 29.8. The van der Waals surface area contributed by atoms with E-state index in [9.17, 15) is 24.5 Å². The fourth-order valence-electron chi connectivity index (χ4n) is 7.66. The van der Waals surface area contributed by atoms with Crippen LogP contribution in [0.5, 0.6) is 0 Å². The van der Waals surface area contributed by atoms with E-state index < -0.39 is 32.7 Å². The van der Waals surface area contributed by atoms with Crippen molar-refractivity contribution < 1.29 is 38.0 Å². The van der Waals surface area contributed by atoms with Crippen LogP contribution in [0.3, 0.4) is 0 Å². The molecule has 0 aromatic rings. The van der Waals surface area contributed by atoms with Gasteiger partial charge >= 0.3 is 0 Å². The van der Waals surface area contributed by atoms with Crippen LogP contribution in [0.2, 0.25) is 0 Å². The predicted molar refractivity (Wildman–Crippen MR) is 303 cm³/mol. The van der Waals surface area contributed by atoms with Crippen molar-refractivity contribution in [2.45, 2.75) is 231 Å². The van der Waals surface area contributed by atoms with E-state index in [0.29, 0.717) is 23.9 Å². The molecule has 10 heteroatoms. The normalized spacial score (nSPS) is 15.2. The van der Waals surface area contributed by atoms with Gasteiger partial charge in [0.25, 0.3) is 7.82 Å². The van der Waals surface area contributed by atoms with E-state index in [4.69, 9.17) is 9.05 Å². The molecule has 4 unspecified atom stereocenters. The Morgan fingerprint density at radius 2 is 0.887 bits per heavy atom. The second kappa shape index (κ2) is 50.6. The molecule has 0 aliphatic rings. The number of nitrogens with zero attached hydrogens (tertiary/aromatic N) is 1. The van der Waals surface area contributed by atoms with Crippen molar-refractivity contribution in [2.24, 2.45) is 0 Å². The van der Waals surface area contributed by atoms with Gasteiger partial charge in [0.15, 0.2) is 0 Å². The third kappa shape index (κ3) is 51.8. The summed E-state index contributed by atoms with van der Waals surface area (Å²) in [5, 5.41) is 24.7. The Labute approximate surface area is 436 Å². The van der Waals surface area contributed by atoms with Crippen LogP contribution in [0, 0.1) is 0 Å². The number of carbonyl (C=O) groups excluding carboxylic acids is 1. The summed E-state index contributed by atoms with van der Waals surface area (Å²) in [6, 6.07) is -1.09. The zero-order valence-electron chi connectivity index (χ0n) is 46.0. The Bertz CT molecular complexity index is 1540. The van der Waals surface area contributed by atoms with Gasteiger partial charge in [-0.1, -0.05) is 232 Å². The van der Waals surface area contributed by atoms with Crippen LogP contribution in [0.15, 0.2) is 109 Å². The quantitative estimate of drug-likeness (QED) is 0.0240. The molecule has 0 fully saturated rings. The molecule has 0 aliphatic heterocycles. The second-order valence-electron chi connectivity index (χ2n) is 20.0. The minimum Gasteiger partial charge on any atom is -0.756 e. The van der Waals surface area contributed by atoms with Crippen molar-refractivity contribution in [3.63, 3.8) is 0 Å². The molecular formula is C61H107N2O7P. The van der Waals surface area contributed by atoms with E-state index in [1.807, 2.05) is 21.1 Å². The van der Waals surface area contributed by atoms with Crippen molar-refractivity contribution in [3.05, 3.63) is 109 Å². The molecule has 408 valence electrons. The maximum atomic E-state index is 13.0. The lowest BCUT2D eigenvalue weighted by atomic mass is 9.99. The average molecular weight is 1010 g/mol. The molecule has 0 aromatic carbocycles. The van der Waals surface area contributed by atoms with Crippen LogP contribution < -0.4 is 10.2 Å².